The average molecular weight is 288 g/mol. The van der Waals surface area contributed by atoms with Gasteiger partial charge in [0.25, 0.3) is 0 Å². The van der Waals surface area contributed by atoms with Crippen LogP contribution in [0, 0.1) is 5.92 Å². The Balaban J connectivity index is 2.14. The van der Waals surface area contributed by atoms with Gasteiger partial charge in [0.2, 0.25) is 0 Å². The molecule has 0 aliphatic rings. The lowest BCUT2D eigenvalue weighted by molar-refractivity contribution is 0.0810. The summed E-state index contributed by atoms with van der Waals surface area (Å²) in [6.45, 7) is 7.78. The molecule has 0 heterocycles. The van der Waals surface area contributed by atoms with Gasteiger partial charge < -0.3 is 14.6 Å². The molecule has 3 nitrogen and oxygen atoms in total. The monoisotopic (exact) mass is 288 g/mol. The number of hydrogen-bond acceptors (Lipinski definition) is 3. The number of ether oxygens (including phenoxy) is 2. The van der Waals surface area contributed by atoms with Crippen molar-refractivity contribution in [3.63, 3.8) is 0 Å². The number of aliphatic hydroxyl groups excluding tert-OH is 1. The molecule has 0 aliphatic carbocycles. The van der Waals surface area contributed by atoms with Crippen LogP contribution in [0.3, 0.4) is 0 Å². The van der Waals surface area contributed by atoms with Gasteiger partial charge in [-0.1, -0.05) is 50.2 Å². The zero-order chi connectivity index (χ0) is 15.2. The molecule has 0 unspecified atom stereocenters. The summed E-state index contributed by atoms with van der Waals surface area (Å²) in [4.78, 5) is 0. The van der Waals surface area contributed by atoms with E-state index in [4.69, 9.17) is 9.47 Å². The number of fused-ring (bicyclic) bond motifs is 1. The van der Waals surface area contributed by atoms with Crippen LogP contribution in [0.2, 0.25) is 0 Å². The number of benzene rings is 2. The molecule has 2 aromatic carbocycles. The molecule has 2 aromatic rings. The third kappa shape index (κ3) is 4.19. The number of rotatable bonds is 7. The lowest BCUT2D eigenvalue weighted by atomic mass is 10.0. The van der Waals surface area contributed by atoms with E-state index in [1.54, 1.807) is 6.92 Å². The van der Waals surface area contributed by atoms with Crippen LogP contribution >= 0.6 is 0 Å². The minimum atomic E-state index is -0.554. The first-order valence-corrected chi connectivity index (χ1v) is 7.50. The van der Waals surface area contributed by atoms with E-state index in [0.717, 1.165) is 28.7 Å². The normalized spacial score (nSPS) is 12.8. The van der Waals surface area contributed by atoms with Gasteiger partial charge in [0.1, 0.15) is 12.4 Å². The second-order valence-corrected chi connectivity index (χ2v) is 5.70. The minimum absolute atomic E-state index is 0.487. The van der Waals surface area contributed by atoms with Crippen LogP contribution < -0.4 is 4.74 Å². The average Bonchev–Trinajstić information content (AvgIpc) is 2.46. The van der Waals surface area contributed by atoms with Gasteiger partial charge in [-0.25, -0.2) is 0 Å². The van der Waals surface area contributed by atoms with Crippen molar-refractivity contribution < 1.29 is 14.6 Å². The number of aliphatic hydroxyl groups is 1. The standard InChI is InChI=1S/C18H24O3/c1-13(2)12-20-10-11-21-18-16(14(3)19)9-8-15-6-4-5-7-17(15)18/h4-9,13-14,19H,10-12H2,1-3H3/t14-/m1/s1. The largest absolute Gasteiger partial charge is 0.490 e. The van der Waals surface area contributed by atoms with Crippen LogP contribution in [0.25, 0.3) is 10.8 Å². The fourth-order valence-electron chi connectivity index (χ4n) is 2.27. The fourth-order valence-corrected chi connectivity index (χ4v) is 2.27. The Hall–Kier alpha value is -1.58. The van der Waals surface area contributed by atoms with Gasteiger partial charge in [-0.05, 0) is 18.2 Å². The van der Waals surface area contributed by atoms with Gasteiger partial charge in [-0.2, -0.15) is 0 Å². The summed E-state index contributed by atoms with van der Waals surface area (Å²) >= 11 is 0. The van der Waals surface area contributed by atoms with E-state index in [1.165, 1.54) is 0 Å². The highest BCUT2D eigenvalue weighted by Gasteiger charge is 2.12. The Kier molecular flexibility index (Phi) is 5.59. The molecule has 0 spiro atoms. The third-order valence-electron chi connectivity index (χ3n) is 3.29. The molecule has 21 heavy (non-hydrogen) atoms. The van der Waals surface area contributed by atoms with E-state index in [0.29, 0.717) is 19.1 Å². The quantitative estimate of drug-likeness (QED) is 0.784. The summed E-state index contributed by atoms with van der Waals surface area (Å²) in [5, 5.41) is 12.1. The van der Waals surface area contributed by atoms with Crippen molar-refractivity contribution in [1.82, 2.24) is 0 Å². The molecule has 0 fully saturated rings. The Bertz CT molecular complexity index is 576. The van der Waals surface area contributed by atoms with Crippen LogP contribution in [0.15, 0.2) is 36.4 Å². The van der Waals surface area contributed by atoms with Crippen molar-refractivity contribution >= 4 is 10.8 Å². The maximum atomic E-state index is 9.93. The van der Waals surface area contributed by atoms with Crippen molar-refractivity contribution in [1.29, 1.82) is 0 Å². The molecule has 1 N–H and O–H groups in total. The summed E-state index contributed by atoms with van der Waals surface area (Å²) in [7, 11) is 0. The Morgan fingerprint density at radius 1 is 1.00 bits per heavy atom. The molecule has 0 radical (unpaired) electrons. The van der Waals surface area contributed by atoms with E-state index in [1.807, 2.05) is 36.4 Å². The molecular formula is C18H24O3. The van der Waals surface area contributed by atoms with Crippen molar-refractivity contribution in [2.45, 2.75) is 26.9 Å². The predicted octanol–water partition coefficient (Wildman–Crippen LogP) is 3.94. The molecule has 0 bridgehead atoms. The van der Waals surface area contributed by atoms with Gasteiger partial charge in [-0.3, -0.25) is 0 Å². The van der Waals surface area contributed by atoms with Crippen molar-refractivity contribution in [2.75, 3.05) is 19.8 Å². The second-order valence-electron chi connectivity index (χ2n) is 5.70. The molecule has 114 valence electrons. The highest BCUT2D eigenvalue weighted by Crippen LogP contribution is 2.33. The van der Waals surface area contributed by atoms with Crippen LogP contribution in [0.4, 0.5) is 0 Å². The lowest BCUT2D eigenvalue weighted by Gasteiger charge is -2.16. The second kappa shape index (κ2) is 7.43. The van der Waals surface area contributed by atoms with Crippen molar-refractivity contribution in [2.24, 2.45) is 5.92 Å². The highest BCUT2D eigenvalue weighted by molar-refractivity contribution is 5.89. The molecular weight excluding hydrogens is 264 g/mol. The van der Waals surface area contributed by atoms with Crippen LogP contribution in [-0.4, -0.2) is 24.9 Å². The number of hydrogen-bond donors (Lipinski definition) is 1. The molecule has 0 aromatic heterocycles. The topological polar surface area (TPSA) is 38.7 Å². The zero-order valence-electron chi connectivity index (χ0n) is 13.0. The first kappa shape index (κ1) is 15.8. The van der Waals surface area contributed by atoms with Crippen LogP contribution in [-0.2, 0) is 4.74 Å². The molecule has 2 rings (SSSR count). The minimum Gasteiger partial charge on any atom is -0.490 e. The molecule has 1 atom stereocenters. The summed E-state index contributed by atoms with van der Waals surface area (Å²) in [6, 6.07) is 12.0. The SMILES string of the molecule is CC(C)COCCOc1c([C@@H](C)O)ccc2ccccc12. The Morgan fingerprint density at radius 3 is 2.48 bits per heavy atom. The molecule has 0 amide bonds. The van der Waals surface area contributed by atoms with Crippen LogP contribution in [0.1, 0.15) is 32.4 Å². The zero-order valence-corrected chi connectivity index (χ0v) is 13.0. The lowest BCUT2D eigenvalue weighted by Crippen LogP contribution is -2.11. The Morgan fingerprint density at radius 2 is 1.76 bits per heavy atom. The van der Waals surface area contributed by atoms with Crippen LogP contribution in [0.5, 0.6) is 5.75 Å². The highest BCUT2D eigenvalue weighted by atomic mass is 16.5. The summed E-state index contributed by atoms with van der Waals surface area (Å²) in [5.41, 5.74) is 0.817. The molecule has 0 aliphatic heterocycles. The van der Waals surface area contributed by atoms with Crippen molar-refractivity contribution in [3.05, 3.63) is 42.0 Å². The smallest absolute Gasteiger partial charge is 0.133 e. The van der Waals surface area contributed by atoms with E-state index in [2.05, 4.69) is 13.8 Å². The third-order valence-corrected chi connectivity index (χ3v) is 3.29. The Labute approximate surface area is 126 Å². The molecule has 0 saturated heterocycles. The van der Waals surface area contributed by atoms with Gasteiger partial charge >= 0.3 is 0 Å². The van der Waals surface area contributed by atoms with Gasteiger partial charge in [0.15, 0.2) is 0 Å². The summed E-state index contributed by atoms with van der Waals surface area (Å²) < 4.78 is 11.5. The van der Waals surface area contributed by atoms with E-state index >= 15 is 0 Å². The van der Waals surface area contributed by atoms with E-state index in [-0.39, 0.29) is 0 Å². The maximum Gasteiger partial charge on any atom is 0.133 e. The predicted molar refractivity (Wildman–Crippen MR) is 85.7 cm³/mol. The summed E-state index contributed by atoms with van der Waals surface area (Å²) in [5.74, 6) is 1.28. The van der Waals surface area contributed by atoms with Gasteiger partial charge in [0.05, 0.1) is 12.7 Å². The van der Waals surface area contributed by atoms with Crippen molar-refractivity contribution in [3.8, 4) is 5.75 Å². The van der Waals surface area contributed by atoms with E-state index < -0.39 is 6.10 Å². The molecule has 3 heteroatoms. The first-order chi connectivity index (χ1) is 10.1. The fraction of sp³-hybridized carbons (Fsp3) is 0.444. The van der Waals surface area contributed by atoms with E-state index in [9.17, 15) is 5.11 Å². The van der Waals surface area contributed by atoms with Gasteiger partial charge in [-0.15, -0.1) is 0 Å². The maximum absolute atomic E-state index is 9.93. The molecule has 0 saturated carbocycles. The summed E-state index contributed by atoms with van der Waals surface area (Å²) in [6.07, 6.45) is -0.554. The first-order valence-electron chi connectivity index (χ1n) is 7.50. The van der Waals surface area contributed by atoms with Gasteiger partial charge in [0, 0.05) is 17.6 Å².